The quantitative estimate of drug-likeness (QED) is 0.838. The summed E-state index contributed by atoms with van der Waals surface area (Å²) in [5.41, 5.74) is 2.79. The fourth-order valence-corrected chi connectivity index (χ4v) is 3.08. The summed E-state index contributed by atoms with van der Waals surface area (Å²) < 4.78 is 1.77. The number of aromatic nitrogens is 2. The lowest BCUT2D eigenvalue weighted by Gasteiger charge is -2.32. The van der Waals surface area contributed by atoms with Gasteiger partial charge < -0.3 is 15.1 Å². The molecule has 2 heterocycles. The Balaban J connectivity index is 1.45. The Morgan fingerprint density at radius 2 is 1.81 bits per heavy atom. The van der Waals surface area contributed by atoms with Gasteiger partial charge in [-0.05, 0) is 37.2 Å². The van der Waals surface area contributed by atoms with E-state index >= 15 is 0 Å². The third kappa shape index (κ3) is 5.65. The fraction of sp³-hybridized carbons (Fsp3) is 0.450. The van der Waals surface area contributed by atoms with E-state index < -0.39 is 0 Å². The molecule has 27 heavy (non-hydrogen) atoms. The Morgan fingerprint density at radius 1 is 1.11 bits per heavy atom. The third-order valence-electron chi connectivity index (χ3n) is 4.78. The van der Waals surface area contributed by atoms with Crippen molar-refractivity contribution in [1.82, 2.24) is 19.6 Å². The number of nitrogens with one attached hydrogen (secondary N) is 1. The molecule has 2 amide bonds. The number of anilines is 1. The SMILES string of the molecule is Cc1cnn(CCC(=O)Nc2ccc(CC(=O)N3CCN(C)CC3)cc2)c1. The first-order chi connectivity index (χ1) is 13.0. The summed E-state index contributed by atoms with van der Waals surface area (Å²) in [4.78, 5) is 28.6. The third-order valence-corrected chi connectivity index (χ3v) is 4.78. The second-order valence-corrected chi connectivity index (χ2v) is 7.14. The minimum absolute atomic E-state index is 0.0515. The molecule has 7 nitrogen and oxygen atoms in total. The maximum absolute atomic E-state index is 12.4. The molecule has 0 saturated carbocycles. The number of rotatable bonds is 6. The minimum Gasteiger partial charge on any atom is -0.340 e. The van der Waals surface area contributed by atoms with Gasteiger partial charge in [0.1, 0.15) is 0 Å². The summed E-state index contributed by atoms with van der Waals surface area (Å²) in [7, 11) is 2.07. The first kappa shape index (κ1) is 19.1. The normalized spacial score (nSPS) is 15.0. The summed E-state index contributed by atoms with van der Waals surface area (Å²) in [5.74, 6) is 0.110. The van der Waals surface area contributed by atoms with Crippen LogP contribution in [0, 0.1) is 6.92 Å². The Hall–Kier alpha value is -2.67. The second-order valence-electron chi connectivity index (χ2n) is 7.14. The lowest BCUT2D eigenvalue weighted by molar-refractivity contribution is -0.132. The van der Waals surface area contributed by atoms with Crippen molar-refractivity contribution in [3.63, 3.8) is 0 Å². The average Bonchev–Trinajstić information content (AvgIpc) is 3.07. The highest BCUT2D eigenvalue weighted by Gasteiger charge is 2.19. The molecule has 1 aliphatic rings. The number of carbonyl (C=O) groups is 2. The summed E-state index contributed by atoms with van der Waals surface area (Å²) in [6.45, 7) is 5.96. The molecule has 144 valence electrons. The predicted octanol–water partition coefficient (Wildman–Crippen LogP) is 1.54. The van der Waals surface area contributed by atoms with Gasteiger partial charge in [0.15, 0.2) is 0 Å². The average molecular weight is 369 g/mol. The van der Waals surface area contributed by atoms with Gasteiger partial charge in [-0.1, -0.05) is 12.1 Å². The monoisotopic (exact) mass is 369 g/mol. The molecule has 0 unspecified atom stereocenters. The number of aryl methyl sites for hydroxylation is 2. The summed E-state index contributed by atoms with van der Waals surface area (Å²) in [6, 6.07) is 7.51. The van der Waals surface area contributed by atoms with Crippen LogP contribution in [0.2, 0.25) is 0 Å². The van der Waals surface area contributed by atoms with E-state index in [4.69, 9.17) is 0 Å². The standard InChI is InChI=1S/C20H27N5O2/c1-16-14-21-25(15-16)8-7-19(26)22-18-5-3-17(4-6-18)13-20(27)24-11-9-23(2)10-12-24/h3-6,14-15H,7-13H2,1-2H3,(H,22,26). The molecule has 3 rings (SSSR count). The van der Waals surface area contributed by atoms with E-state index in [9.17, 15) is 9.59 Å². The van der Waals surface area contributed by atoms with E-state index in [0.29, 0.717) is 19.4 Å². The van der Waals surface area contributed by atoms with Gasteiger partial charge in [-0.3, -0.25) is 14.3 Å². The molecule has 0 spiro atoms. The molecule has 1 fully saturated rings. The number of hydrogen-bond acceptors (Lipinski definition) is 4. The fourth-order valence-electron chi connectivity index (χ4n) is 3.08. The molecule has 1 aromatic heterocycles. The van der Waals surface area contributed by atoms with Gasteiger partial charge in [0.05, 0.1) is 12.6 Å². The zero-order chi connectivity index (χ0) is 19.2. The zero-order valence-electron chi connectivity index (χ0n) is 16.0. The lowest BCUT2D eigenvalue weighted by Crippen LogP contribution is -2.47. The molecular formula is C20H27N5O2. The summed E-state index contributed by atoms with van der Waals surface area (Å²) in [5, 5.41) is 7.06. The molecule has 0 radical (unpaired) electrons. The first-order valence-corrected chi connectivity index (χ1v) is 9.34. The van der Waals surface area contributed by atoms with Crippen LogP contribution in [0.5, 0.6) is 0 Å². The highest BCUT2D eigenvalue weighted by atomic mass is 16.2. The van der Waals surface area contributed by atoms with Gasteiger partial charge in [-0.15, -0.1) is 0 Å². The summed E-state index contributed by atoms with van der Waals surface area (Å²) >= 11 is 0. The van der Waals surface area contributed by atoms with Gasteiger partial charge in [0.2, 0.25) is 11.8 Å². The second kappa shape index (κ2) is 8.81. The first-order valence-electron chi connectivity index (χ1n) is 9.34. The molecule has 1 aromatic carbocycles. The number of carbonyl (C=O) groups excluding carboxylic acids is 2. The van der Waals surface area contributed by atoms with Gasteiger partial charge in [0.25, 0.3) is 0 Å². The molecule has 0 atom stereocenters. The number of likely N-dealkylation sites (N-methyl/N-ethyl adjacent to an activating group) is 1. The van der Waals surface area contributed by atoms with Crippen molar-refractivity contribution in [2.24, 2.45) is 0 Å². The Morgan fingerprint density at radius 3 is 2.44 bits per heavy atom. The van der Waals surface area contributed by atoms with Gasteiger partial charge >= 0.3 is 0 Å². The van der Waals surface area contributed by atoms with Gasteiger partial charge in [-0.2, -0.15) is 5.10 Å². The molecule has 0 aliphatic carbocycles. The van der Waals surface area contributed by atoms with Gasteiger partial charge in [-0.25, -0.2) is 0 Å². The Kier molecular flexibility index (Phi) is 6.24. The van der Waals surface area contributed by atoms with Crippen LogP contribution >= 0.6 is 0 Å². The number of hydrogen-bond donors (Lipinski definition) is 1. The van der Waals surface area contributed by atoms with Crippen LogP contribution < -0.4 is 5.32 Å². The van der Waals surface area contributed by atoms with E-state index in [1.165, 1.54) is 0 Å². The van der Waals surface area contributed by atoms with Crippen LogP contribution in [0.25, 0.3) is 0 Å². The number of benzene rings is 1. The van der Waals surface area contributed by atoms with Gasteiger partial charge in [0, 0.05) is 51.0 Å². The van der Waals surface area contributed by atoms with Crippen LogP contribution in [0.4, 0.5) is 5.69 Å². The highest BCUT2D eigenvalue weighted by Crippen LogP contribution is 2.12. The minimum atomic E-state index is -0.0515. The maximum atomic E-state index is 12.4. The molecule has 7 heteroatoms. The van der Waals surface area contributed by atoms with Crippen LogP contribution in [-0.2, 0) is 22.6 Å². The molecule has 2 aromatic rings. The highest BCUT2D eigenvalue weighted by molar-refractivity contribution is 5.90. The zero-order valence-corrected chi connectivity index (χ0v) is 16.0. The van der Waals surface area contributed by atoms with E-state index in [0.717, 1.165) is 43.0 Å². The van der Waals surface area contributed by atoms with Crippen LogP contribution in [0.3, 0.4) is 0 Å². The number of piperazine rings is 1. The van der Waals surface area contributed by atoms with E-state index in [-0.39, 0.29) is 11.8 Å². The number of amides is 2. The predicted molar refractivity (Wildman–Crippen MR) is 104 cm³/mol. The summed E-state index contributed by atoms with van der Waals surface area (Å²) in [6.07, 6.45) is 4.46. The molecule has 1 aliphatic heterocycles. The Labute approximate surface area is 159 Å². The molecule has 1 saturated heterocycles. The van der Waals surface area contributed by atoms with Crippen LogP contribution in [0.1, 0.15) is 17.5 Å². The van der Waals surface area contributed by atoms with Crippen LogP contribution in [-0.4, -0.2) is 64.6 Å². The smallest absolute Gasteiger partial charge is 0.227 e. The van der Waals surface area contributed by atoms with Crippen LogP contribution in [0.15, 0.2) is 36.7 Å². The van der Waals surface area contributed by atoms with E-state index in [2.05, 4.69) is 22.4 Å². The topological polar surface area (TPSA) is 70.5 Å². The molecule has 0 bridgehead atoms. The maximum Gasteiger partial charge on any atom is 0.227 e. The lowest BCUT2D eigenvalue weighted by atomic mass is 10.1. The van der Waals surface area contributed by atoms with E-state index in [1.54, 1.807) is 10.9 Å². The molecule has 1 N–H and O–H groups in total. The molecular weight excluding hydrogens is 342 g/mol. The van der Waals surface area contributed by atoms with Crippen molar-refractivity contribution >= 4 is 17.5 Å². The van der Waals surface area contributed by atoms with Crippen molar-refractivity contribution < 1.29 is 9.59 Å². The largest absolute Gasteiger partial charge is 0.340 e. The van der Waals surface area contributed by atoms with E-state index in [1.807, 2.05) is 42.3 Å². The number of nitrogens with zero attached hydrogens (tertiary/aromatic N) is 4. The Bertz CT molecular complexity index is 776. The van der Waals surface area contributed by atoms with Crippen molar-refractivity contribution in [2.45, 2.75) is 26.3 Å². The van der Waals surface area contributed by atoms with Crippen molar-refractivity contribution in [2.75, 3.05) is 38.5 Å². The van der Waals surface area contributed by atoms with Crippen molar-refractivity contribution in [1.29, 1.82) is 0 Å². The van der Waals surface area contributed by atoms with Crippen molar-refractivity contribution in [3.8, 4) is 0 Å². The van der Waals surface area contributed by atoms with Crippen molar-refractivity contribution in [3.05, 3.63) is 47.8 Å².